The highest BCUT2D eigenvalue weighted by Gasteiger charge is 2.61. The first-order valence-corrected chi connectivity index (χ1v) is 12.6. The summed E-state index contributed by atoms with van der Waals surface area (Å²) < 4.78 is 0. The number of allylic oxidation sites excluding steroid dienone is 5. The molecule has 0 heteroatoms. The van der Waals surface area contributed by atoms with Gasteiger partial charge < -0.3 is 0 Å². The molecule has 0 aliphatic heterocycles. The van der Waals surface area contributed by atoms with Gasteiger partial charge in [0, 0.05) is 0 Å². The zero-order valence-corrected chi connectivity index (χ0v) is 20.7. The molecule has 0 amide bonds. The summed E-state index contributed by atoms with van der Waals surface area (Å²) in [5.74, 6) is 2.09. The molecule has 0 aromatic heterocycles. The van der Waals surface area contributed by atoms with Crippen LogP contribution < -0.4 is 0 Å². The van der Waals surface area contributed by atoms with Crippen LogP contribution in [0.5, 0.6) is 0 Å². The Morgan fingerprint density at radius 1 is 1.07 bits per heavy atom. The molecule has 0 heterocycles. The molecule has 0 saturated heterocycles. The lowest BCUT2D eigenvalue weighted by Gasteiger charge is -2.56. The van der Waals surface area contributed by atoms with Gasteiger partial charge >= 0.3 is 0 Å². The summed E-state index contributed by atoms with van der Waals surface area (Å²) in [7, 11) is 0. The van der Waals surface area contributed by atoms with E-state index in [1.165, 1.54) is 69.8 Å². The van der Waals surface area contributed by atoms with Crippen LogP contribution in [-0.2, 0) is 0 Å². The first-order valence-electron chi connectivity index (χ1n) is 12.6. The molecule has 5 atom stereocenters. The van der Waals surface area contributed by atoms with E-state index in [-0.39, 0.29) is 0 Å². The fraction of sp³-hybridized carbons (Fsp3) is 0.793. The highest BCUT2D eigenvalue weighted by atomic mass is 14.6. The maximum Gasteiger partial charge on any atom is -0.0140 e. The zero-order chi connectivity index (χ0) is 21.4. The smallest absolute Gasteiger partial charge is 0.0140 e. The predicted molar refractivity (Wildman–Crippen MR) is 129 cm³/mol. The molecule has 2 unspecified atom stereocenters. The fourth-order valence-electron chi connectivity index (χ4n) is 7.48. The van der Waals surface area contributed by atoms with Crippen molar-refractivity contribution in [1.29, 1.82) is 0 Å². The molecule has 29 heavy (non-hydrogen) atoms. The molecule has 3 aliphatic rings. The lowest BCUT2D eigenvalue weighted by atomic mass is 9.49. The van der Waals surface area contributed by atoms with Crippen LogP contribution in [0.2, 0.25) is 0 Å². The molecule has 0 radical (unpaired) electrons. The number of fused-ring (bicyclic) bond motifs is 1. The standard InChI is InChI=1S/C29H48/c1-9-10-16-27(5,6)29(8)18-15-26-25(12-11-17-28(26,29)7)14-13-24-19-21(2)23(4)22(3)20-24/h13-14,21-22,26H,4,9-12,15-20H2,1-3,5-8H3/b24-13?,25-14+/t21-,22?,26+,28?,29-/m1/s1. The van der Waals surface area contributed by atoms with Crippen molar-refractivity contribution in [2.24, 2.45) is 34.0 Å². The summed E-state index contributed by atoms with van der Waals surface area (Å²) in [6.07, 6.45) is 18.6. The lowest BCUT2D eigenvalue weighted by Crippen LogP contribution is -2.48. The monoisotopic (exact) mass is 396 g/mol. The normalized spacial score (nSPS) is 41.2. The average Bonchev–Trinajstić information content (AvgIpc) is 2.96. The second-order valence-corrected chi connectivity index (χ2v) is 12.0. The molecule has 0 bridgehead atoms. The van der Waals surface area contributed by atoms with E-state index < -0.39 is 0 Å². The highest BCUT2D eigenvalue weighted by Crippen LogP contribution is 2.69. The Labute approximate surface area is 182 Å². The molecule has 164 valence electrons. The van der Waals surface area contributed by atoms with Crippen molar-refractivity contribution >= 4 is 0 Å². The van der Waals surface area contributed by atoms with Crippen molar-refractivity contribution in [2.45, 2.75) is 113 Å². The minimum absolute atomic E-state index is 0.433. The van der Waals surface area contributed by atoms with Crippen molar-refractivity contribution in [1.82, 2.24) is 0 Å². The van der Waals surface area contributed by atoms with Crippen LogP contribution in [0.15, 0.2) is 35.5 Å². The molecule has 3 rings (SSSR count). The number of hydrogen-bond acceptors (Lipinski definition) is 0. The van der Waals surface area contributed by atoms with Crippen LogP contribution in [0, 0.1) is 34.0 Å². The van der Waals surface area contributed by atoms with Crippen LogP contribution in [0.3, 0.4) is 0 Å². The quantitative estimate of drug-likeness (QED) is 0.406. The lowest BCUT2D eigenvalue weighted by molar-refractivity contribution is -0.0535. The third kappa shape index (κ3) is 3.95. The first-order chi connectivity index (χ1) is 13.6. The van der Waals surface area contributed by atoms with E-state index in [2.05, 4.69) is 67.2 Å². The van der Waals surface area contributed by atoms with E-state index in [0.717, 1.165) is 5.92 Å². The molecule has 0 N–H and O–H groups in total. The Balaban J connectivity index is 1.84. The number of unbranched alkanes of at least 4 members (excludes halogenated alkanes) is 1. The SMILES string of the molecule is C=C1C(C)CC(=C/C=C2\CCCC3(C)[C@H]2CC[C@]3(C)C(C)(C)CCCC)C[C@H]1C. The van der Waals surface area contributed by atoms with Gasteiger partial charge in [-0.2, -0.15) is 0 Å². The Morgan fingerprint density at radius 3 is 2.34 bits per heavy atom. The molecular weight excluding hydrogens is 348 g/mol. The van der Waals surface area contributed by atoms with E-state index in [1.807, 2.05) is 0 Å². The largest absolute Gasteiger partial charge is 0.0993 e. The van der Waals surface area contributed by atoms with Gasteiger partial charge in [-0.15, -0.1) is 0 Å². The average molecular weight is 397 g/mol. The molecule has 0 aromatic carbocycles. The summed E-state index contributed by atoms with van der Waals surface area (Å²) in [4.78, 5) is 0. The van der Waals surface area contributed by atoms with Gasteiger partial charge in [-0.1, -0.05) is 96.8 Å². The molecule has 3 aliphatic carbocycles. The van der Waals surface area contributed by atoms with E-state index in [4.69, 9.17) is 0 Å². The summed E-state index contributed by atoms with van der Waals surface area (Å²) in [5.41, 5.74) is 6.24. The maximum atomic E-state index is 4.33. The van der Waals surface area contributed by atoms with Gasteiger partial charge in [0.15, 0.2) is 0 Å². The van der Waals surface area contributed by atoms with E-state index in [0.29, 0.717) is 28.1 Å². The summed E-state index contributed by atoms with van der Waals surface area (Å²) in [6, 6.07) is 0. The minimum Gasteiger partial charge on any atom is -0.0993 e. The third-order valence-electron chi connectivity index (χ3n) is 10.2. The van der Waals surface area contributed by atoms with Gasteiger partial charge in [-0.3, -0.25) is 0 Å². The molecule has 3 saturated carbocycles. The summed E-state index contributed by atoms with van der Waals surface area (Å²) in [5, 5.41) is 0. The van der Waals surface area contributed by atoms with Crippen molar-refractivity contribution < 1.29 is 0 Å². The summed E-state index contributed by atoms with van der Waals surface area (Å²) >= 11 is 0. The Hall–Kier alpha value is -0.780. The summed E-state index contributed by atoms with van der Waals surface area (Å²) in [6.45, 7) is 21.9. The van der Waals surface area contributed by atoms with Gasteiger partial charge in [-0.25, -0.2) is 0 Å². The van der Waals surface area contributed by atoms with Gasteiger partial charge in [0.05, 0.1) is 0 Å². The minimum atomic E-state index is 0.433. The molecular formula is C29H48. The molecule has 0 nitrogen and oxygen atoms in total. The van der Waals surface area contributed by atoms with Crippen molar-refractivity contribution in [3.63, 3.8) is 0 Å². The second-order valence-electron chi connectivity index (χ2n) is 12.0. The second kappa shape index (κ2) is 8.39. The van der Waals surface area contributed by atoms with Crippen LogP contribution in [0.4, 0.5) is 0 Å². The zero-order valence-electron chi connectivity index (χ0n) is 20.7. The van der Waals surface area contributed by atoms with Crippen molar-refractivity contribution in [3.05, 3.63) is 35.5 Å². The van der Waals surface area contributed by atoms with Crippen LogP contribution in [0.1, 0.15) is 113 Å². The third-order valence-corrected chi connectivity index (χ3v) is 10.2. The first kappa shape index (κ1) is 22.9. The van der Waals surface area contributed by atoms with Gasteiger partial charge in [0.25, 0.3) is 0 Å². The molecule has 0 spiro atoms. The van der Waals surface area contributed by atoms with Gasteiger partial charge in [0.2, 0.25) is 0 Å². The fourth-order valence-corrected chi connectivity index (χ4v) is 7.48. The van der Waals surface area contributed by atoms with Crippen molar-refractivity contribution in [2.75, 3.05) is 0 Å². The van der Waals surface area contributed by atoms with Crippen LogP contribution in [-0.4, -0.2) is 0 Å². The van der Waals surface area contributed by atoms with Gasteiger partial charge in [0.1, 0.15) is 0 Å². The van der Waals surface area contributed by atoms with Crippen molar-refractivity contribution in [3.8, 4) is 0 Å². The predicted octanol–water partition coefficient (Wildman–Crippen LogP) is 9.28. The van der Waals surface area contributed by atoms with Gasteiger partial charge in [-0.05, 0) is 85.4 Å². The number of rotatable bonds is 5. The highest BCUT2D eigenvalue weighted by molar-refractivity contribution is 5.29. The molecule has 0 aromatic rings. The van der Waals surface area contributed by atoms with E-state index >= 15 is 0 Å². The maximum absolute atomic E-state index is 4.33. The van der Waals surface area contributed by atoms with Crippen LogP contribution in [0.25, 0.3) is 0 Å². The van der Waals surface area contributed by atoms with E-state index in [9.17, 15) is 0 Å². The Kier molecular flexibility index (Phi) is 6.63. The Morgan fingerprint density at radius 2 is 1.72 bits per heavy atom. The topological polar surface area (TPSA) is 0 Å². The van der Waals surface area contributed by atoms with E-state index in [1.54, 1.807) is 11.1 Å². The number of hydrogen-bond donors (Lipinski definition) is 0. The Bertz CT molecular complexity index is 658. The van der Waals surface area contributed by atoms with Crippen LogP contribution >= 0.6 is 0 Å². The molecule has 3 fully saturated rings.